The number of anilines is 2. The number of hydrogen-bond donors (Lipinski definition) is 6. The Morgan fingerprint density at radius 2 is 1.54 bits per heavy atom. The van der Waals surface area contributed by atoms with Crippen LogP contribution in [-0.2, 0) is 29.0 Å². The lowest BCUT2D eigenvalue weighted by Crippen LogP contribution is -2.57. The Kier molecular flexibility index (Phi) is 29.4. The number of nitrogens with zero attached hydrogens (tertiary/aromatic N) is 5. The molecule has 0 spiro atoms. The lowest BCUT2D eigenvalue weighted by Gasteiger charge is -2.41. The van der Waals surface area contributed by atoms with E-state index in [1.165, 1.54) is 34.5 Å². The number of carbonyl (C=O) groups is 4. The van der Waals surface area contributed by atoms with E-state index in [4.69, 9.17) is 16.3 Å². The number of halogens is 4. The number of carbonyl (C=O) groups excluding carboxylic acids is 4. The molecule has 0 saturated carbocycles. The molecule has 6 N–H and O–H groups in total. The number of allylic oxidation sites excluding steroid dienone is 1. The number of thiazole rings is 1. The van der Waals surface area contributed by atoms with Gasteiger partial charge in [-0.15, -0.1) is 23.1 Å². The van der Waals surface area contributed by atoms with Gasteiger partial charge in [0.05, 0.1) is 41.0 Å². The molecule has 1 aliphatic carbocycles. The fourth-order valence-corrected chi connectivity index (χ4v) is 18.6. The largest absolute Gasteiger partial charge is 0.501 e. The minimum absolute atomic E-state index is 0.0440. The van der Waals surface area contributed by atoms with Crippen LogP contribution in [-0.4, -0.2) is 185 Å². The van der Waals surface area contributed by atoms with Crippen LogP contribution < -0.4 is 36.2 Å². The van der Waals surface area contributed by atoms with Crippen LogP contribution in [0.1, 0.15) is 139 Å². The summed E-state index contributed by atoms with van der Waals surface area (Å²) >= 11 is 9.53. The molecule has 574 valence electrons. The summed E-state index contributed by atoms with van der Waals surface area (Å²) in [6.07, 6.45) is 7.56. The fraction of sp³-hybridized carbons (Fsp3) is 0.500. The second kappa shape index (κ2) is 38.1. The fourth-order valence-electron chi connectivity index (χ4n) is 14.3. The number of nitrogens with one attached hydrogen (secondary N) is 6. The topological polar surface area (TPSA) is 210 Å². The van der Waals surface area contributed by atoms with Crippen molar-refractivity contribution in [3.05, 3.63) is 160 Å². The Labute approximate surface area is 640 Å². The number of likely N-dealkylation sites (tertiary alicyclic amines) is 1. The van der Waals surface area contributed by atoms with Gasteiger partial charge in [0.1, 0.15) is 17.0 Å². The van der Waals surface area contributed by atoms with Crippen molar-refractivity contribution in [2.24, 2.45) is 10.8 Å². The molecule has 4 aliphatic rings. The van der Waals surface area contributed by atoms with Crippen molar-refractivity contribution in [3.63, 3.8) is 0 Å². The highest BCUT2D eigenvalue weighted by Gasteiger charge is 2.49. The van der Waals surface area contributed by atoms with E-state index >= 15 is 0 Å². The SMILES string of the molecule is C/C=S(\NC(=O)c1ccc(N2CCN(CC3=C(c4ccc(Cl)cc4)CCC(C)(CNCCNCCCCCC(=O)N[C@H](C(=O)N4CCC[C@H]4C(=O)N[C@@H](C)c4ccc(-c5scnc5C)cc4)C(C)(C)C)C3)CC2)cc1)c1ccc(N[C@H](CCN2CCOCC2)CSc2ccccc2)c(S(=O)(=O)C(F)(F)F)c1. The van der Waals surface area contributed by atoms with E-state index in [9.17, 15) is 40.8 Å². The molecule has 2 unspecified atom stereocenters. The highest BCUT2D eigenvalue weighted by molar-refractivity contribution is 8.13. The average molecular weight is 1550 g/mol. The summed E-state index contributed by atoms with van der Waals surface area (Å²) in [5.74, 6) is -0.550. The lowest BCUT2D eigenvalue weighted by atomic mass is 9.71. The quantitative estimate of drug-likeness (QED) is 0.0129. The zero-order valence-corrected chi connectivity index (χ0v) is 66.2. The van der Waals surface area contributed by atoms with E-state index in [2.05, 4.69) is 82.2 Å². The van der Waals surface area contributed by atoms with E-state index < -0.39 is 54.3 Å². The molecule has 3 fully saturated rings. The van der Waals surface area contributed by atoms with E-state index in [0.29, 0.717) is 74.7 Å². The molecule has 6 atom stereocenters. The molecule has 5 aromatic carbocycles. The first-order valence-electron chi connectivity index (χ1n) is 37.2. The summed E-state index contributed by atoms with van der Waals surface area (Å²) in [6, 6.07) is 35.3. The summed E-state index contributed by atoms with van der Waals surface area (Å²) in [7, 11) is -7.10. The van der Waals surface area contributed by atoms with Crippen molar-refractivity contribution in [2.45, 2.75) is 157 Å². The summed E-state index contributed by atoms with van der Waals surface area (Å²) in [6.45, 7) is 25.0. The first-order chi connectivity index (χ1) is 50.7. The summed E-state index contributed by atoms with van der Waals surface area (Å²) in [5.41, 5.74) is 3.97. The van der Waals surface area contributed by atoms with Gasteiger partial charge in [-0.1, -0.05) is 117 Å². The van der Waals surface area contributed by atoms with Gasteiger partial charge in [-0.2, -0.15) is 13.2 Å². The van der Waals surface area contributed by atoms with E-state index in [1.54, 1.807) is 46.7 Å². The highest BCUT2D eigenvalue weighted by atomic mass is 35.5. The first kappa shape index (κ1) is 81.9. The third kappa shape index (κ3) is 22.5. The summed E-state index contributed by atoms with van der Waals surface area (Å²) in [5, 5.41) is 19.1. The molecule has 18 nitrogen and oxygen atoms in total. The lowest BCUT2D eigenvalue weighted by molar-refractivity contribution is -0.144. The molecule has 26 heteroatoms. The van der Waals surface area contributed by atoms with Gasteiger partial charge in [0.2, 0.25) is 17.7 Å². The number of ether oxygens (including phenoxy) is 1. The molecule has 10 rings (SSSR count). The Bertz CT molecular complexity index is 4090. The summed E-state index contributed by atoms with van der Waals surface area (Å²) in [4.78, 5) is 69.9. The molecule has 1 aromatic heterocycles. The number of aryl methyl sites for hydroxylation is 1. The number of piperazine rings is 1. The number of morpholine rings is 1. The number of aromatic nitrogens is 1. The molecule has 3 saturated heterocycles. The Hall–Kier alpha value is -6.65. The smallest absolute Gasteiger partial charge is 0.380 e. The standard InChI is InChI=1S/C80H105ClF3N11O7S4/c1-8-105(67-32-33-69(71(50-67)106(100,101)80(82,83)84)89-64(35-41-92-46-48-102-49-47-92)53-103-66-16-11-9-12-17-66)91-75(97)61-26-30-65(31-27-61)94-44-42-93(43-45-94)52-62-51-79(7,36-34-68(62)59-24-28-63(81)29-25-59)54-86-39-38-85-37-14-10-13-19-72(96)90-74(78(4,5)6)77(99)95-40-15-18-70(95)76(98)88-56(2)58-20-22-60(23-21-58)73-57(3)87-55-104-73/h8-9,11-12,16-17,20-33,50,55-56,64,70,74,85-86,89H,10,13-15,18-19,34-49,51-54H2,1-7H3,(H,88,98)(H,90,96)(H,91,97)/t56-,64+,70-,74+,79?,105?/m0/s1. The molecular weight excluding hydrogens is 1450 g/mol. The predicted molar refractivity (Wildman–Crippen MR) is 426 cm³/mol. The Morgan fingerprint density at radius 3 is 2.22 bits per heavy atom. The monoisotopic (exact) mass is 1550 g/mol. The van der Waals surface area contributed by atoms with Crippen LogP contribution in [0.2, 0.25) is 5.02 Å². The van der Waals surface area contributed by atoms with Gasteiger partial charge >= 0.3 is 5.51 Å². The second-order valence-corrected chi connectivity index (χ2v) is 35.7. The Balaban J connectivity index is 0.656. The van der Waals surface area contributed by atoms with Crippen molar-refractivity contribution in [2.75, 3.05) is 114 Å². The highest BCUT2D eigenvalue weighted by Crippen LogP contribution is 2.44. The second-order valence-electron chi connectivity index (χ2n) is 29.6. The van der Waals surface area contributed by atoms with E-state index in [0.717, 1.165) is 142 Å². The van der Waals surface area contributed by atoms with Crippen LogP contribution in [0.5, 0.6) is 0 Å². The minimum Gasteiger partial charge on any atom is -0.380 e. The molecule has 0 bridgehead atoms. The van der Waals surface area contributed by atoms with Gasteiger partial charge in [0, 0.05) is 123 Å². The zero-order chi connectivity index (χ0) is 75.6. The maximum atomic E-state index is 14.5. The summed E-state index contributed by atoms with van der Waals surface area (Å²) < 4.78 is 78.8. The number of alkyl halides is 3. The van der Waals surface area contributed by atoms with Crippen molar-refractivity contribution in [1.82, 2.24) is 45.7 Å². The number of benzene rings is 5. The number of sulfone groups is 1. The number of rotatable bonds is 33. The zero-order valence-electron chi connectivity index (χ0n) is 62.1. The molecule has 4 heterocycles. The van der Waals surface area contributed by atoms with Gasteiger partial charge in [0.15, 0.2) is 0 Å². The molecular formula is C80H105ClF3N11O7S4. The first-order valence-corrected chi connectivity index (χ1v) is 42.2. The van der Waals surface area contributed by atoms with Crippen molar-refractivity contribution < 1.29 is 45.5 Å². The van der Waals surface area contributed by atoms with Gasteiger partial charge < -0.3 is 41.1 Å². The van der Waals surface area contributed by atoms with Crippen LogP contribution in [0.4, 0.5) is 24.5 Å². The van der Waals surface area contributed by atoms with Gasteiger partial charge in [0.25, 0.3) is 15.7 Å². The van der Waals surface area contributed by atoms with Gasteiger partial charge in [-0.25, -0.2) is 13.4 Å². The number of hydrogen-bond acceptors (Lipinski definition) is 16. The molecule has 3 aliphatic heterocycles. The van der Waals surface area contributed by atoms with Crippen molar-refractivity contribution >= 4 is 101 Å². The average Bonchev–Trinajstić information content (AvgIpc) is 1.06. The van der Waals surface area contributed by atoms with Crippen LogP contribution >= 0.6 is 45.4 Å². The van der Waals surface area contributed by atoms with E-state index in [-0.39, 0.29) is 45.8 Å². The molecule has 6 aromatic rings. The van der Waals surface area contributed by atoms with Crippen LogP contribution in [0.3, 0.4) is 0 Å². The third-order valence-electron chi connectivity index (χ3n) is 20.5. The number of unbranched alkanes of at least 4 members (excludes halogenated alkanes) is 2. The van der Waals surface area contributed by atoms with E-state index in [1.807, 2.05) is 107 Å². The maximum absolute atomic E-state index is 14.5. The van der Waals surface area contributed by atoms with Crippen LogP contribution in [0, 0.1) is 17.8 Å². The van der Waals surface area contributed by atoms with Crippen molar-refractivity contribution in [3.8, 4) is 10.4 Å². The maximum Gasteiger partial charge on any atom is 0.501 e. The predicted octanol–water partition coefficient (Wildman–Crippen LogP) is 14.1. The normalized spacial score (nSPS) is 19.0. The Morgan fingerprint density at radius 1 is 0.830 bits per heavy atom. The van der Waals surface area contributed by atoms with Crippen LogP contribution in [0.15, 0.2) is 147 Å². The van der Waals surface area contributed by atoms with Gasteiger partial charge in [-0.05, 0) is 184 Å². The minimum atomic E-state index is -5.83. The molecule has 106 heavy (non-hydrogen) atoms. The van der Waals surface area contributed by atoms with Crippen LogP contribution in [0.25, 0.3) is 16.0 Å². The molecule has 0 radical (unpaired) electrons. The number of thioether (sulfide) groups is 1. The third-order valence-corrected chi connectivity index (χ3v) is 26.1. The van der Waals surface area contributed by atoms with Crippen molar-refractivity contribution in [1.29, 1.82) is 0 Å². The number of amides is 4. The van der Waals surface area contributed by atoms with Gasteiger partial charge in [-0.3, -0.25) is 33.7 Å². The molecule has 4 amide bonds.